The molecule has 1 aromatic carbocycles. The van der Waals surface area contributed by atoms with Crippen LogP contribution in [0.3, 0.4) is 0 Å². The number of thioether (sulfide) groups is 1. The van der Waals surface area contributed by atoms with Crippen LogP contribution >= 0.6 is 11.8 Å². The van der Waals surface area contributed by atoms with E-state index in [2.05, 4.69) is 5.32 Å². The van der Waals surface area contributed by atoms with E-state index in [0.29, 0.717) is 24.1 Å². The van der Waals surface area contributed by atoms with Crippen LogP contribution in [-0.4, -0.2) is 18.2 Å². The average Bonchev–Trinajstić information content (AvgIpc) is 2.55. The van der Waals surface area contributed by atoms with Gasteiger partial charge in [-0.25, -0.2) is 4.39 Å². The van der Waals surface area contributed by atoms with Gasteiger partial charge in [-0.1, -0.05) is 18.2 Å². The van der Waals surface area contributed by atoms with Gasteiger partial charge in [0, 0.05) is 24.0 Å². The summed E-state index contributed by atoms with van der Waals surface area (Å²) in [6.45, 7) is 0.695. The molecule has 130 valence electrons. The smallest absolute Gasteiger partial charge is 0.223 e. The first-order chi connectivity index (χ1) is 11.7. The molecule has 4 heteroatoms. The van der Waals surface area contributed by atoms with Gasteiger partial charge in [0.2, 0.25) is 5.91 Å². The third-order valence-corrected chi connectivity index (χ3v) is 7.30. The molecule has 5 rings (SSSR count). The number of rotatable bonds is 6. The molecule has 1 N–H and O–H groups in total. The Kier molecular flexibility index (Phi) is 4.84. The molecule has 0 aromatic heterocycles. The maximum absolute atomic E-state index is 13.6. The minimum absolute atomic E-state index is 0.136. The van der Waals surface area contributed by atoms with E-state index >= 15 is 0 Å². The Hall–Kier alpha value is -1.03. The van der Waals surface area contributed by atoms with Gasteiger partial charge in [0.25, 0.3) is 0 Å². The van der Waals surface area contributed by atoms with Crippen molar-refractivity contribution in [2.24, 2.45) is 29.6 Å². The first-order valence-corrected chi connectivity index (χ1v) is 10.4. The number of carbonyl (C=O) groups is 1. The lowest BCUT2D eigenvalue weighted by Crippen LogP contribution is -2.51. The Labute approximate surface area is 148 Å². The van der Waals surface area contributed by atoms with E-state index in [0.717, 1.165) is 23.2 Å². The zero-order chi connectivity index (χ0) is 16.5. The van der Waals surface area contributed by atoms with Crippen molar-refractivity contribution >= 4 is 17.7 Å². The van der Waals surface area contributed by atoms with Crippen molar-refractivity contribution in [1.82, 2.24) is 5.32 Å². The van der Waals surface area contributed by atoms with Crippen molar-refractivity contribution in [1.29, 1.82) is 0 Å². The van der Waals surface area contributed by atoms with Gasteiger partial charge in [-0.05, 0) is 67.4 Å². The van der Waals surface area contributed by atoms with Crippen molar-refractivity contribution in [3.05, 3.63) is 35.6 Å². The third kappa shape index (κ3) is 3.35. The molecule has 0 unspecified atom stereocenters. The summed E-state index contributed by atoms with van der Waals surface area (Å²) in [4.78, 5) is 12.6. The van der Waals surface area contributed by atoms with Crippen LogP contribution < -0.4 is 5.32 Å². The minimum Gasteiger partial charge on any atom is -0.355 e. The summed E-state index contributed by atoms with van der Waals surface area (Å²) in [5, 5.41) is 3.16. The highest BCUT2D eigenvalue weighted by Gasteiger charge is 2.50. The molecule has 0 heterocycles. The second-order valence-electron chi connectivity index (χ2n) is 7.89. The molecule has 4 bridgehead atoms. The van der Waals surface area contributed by atoms with E-state index in [4.69, 9.17) is 0 Å². The minimum atomic E-state index is -0.136. The summed E-state index contributed by atoms with van der Waals surface area (Å²) in [5.74, 6) is 5.04. The average molecular weight is 347 g/mol. The van der Waals surface area contributed by atoms with Gasteiger partial charge in [-0.15, -0.1) is 0 Å². The molecule has 4 fully saturated rings. The summed E-state index contributed by atoms with van der Waals surface area (Å²) in [5.41, 5.74) is 0.745. The number of benzene rings is 1. The van der Waals surface area contributed by atoms with Crippen molar-refractivity contribution < 1.29 is 9.18 Å². The van der Waals surface area contributed by atoms with Crippen LogP contribution in [0, 0.1) is 35.4 Å². The fraction of sp³-hybridized carbons (Fsp3) is 0.650. The highest BCUT2D eigenvalue weighted by molar-refractivity contribution is 7.98. The second kappa shape index (κ2) is 7.07. The molecule has 4 aliphatic carbocycles. The lowest BCUT2D eigenvalue weighted by Gasteiger charge is -2.53. The predicted octanol–water partition coefficient (Wildman–Crippen LogP) is 4.25. The molecular weight excluding hydrogens is 321 g/mol. The van der Waals surface area contributed by atoms with Crippen molar-refractivity contribution in [2.75, 3.05) is 12.3 Å². The van der Waals surface area contributed by atoms with Gasteiger partial charge < -0.3 is 5.32 Å². The molecule has 4 aliphatic rings. The highest BCUT2D eigenvalue weighted by Crippen LogP contribution is 2.56. The van der Waals surface area contributed by atoms with E-state index in [-0.39, 0.29) is 17.6 Å². The SMILES string of the molecule is O=C(NCCSCc1ccccc1F)C1C2CC3CC(C2)CC1C3. The zero-order valence-corrected chi connectivity index (χ0v) is 14.9. The topological polar surface area (TPSA) is 29.1 Å². The Morgan fingerprint density at radius 2 is 1.75 bits per heavy atom. The Balaban J connectivity index is 1.21. The quantitative estimate of drug-likeness (QED) is 0.780. The molecule has 0 aliphatic heterocycles. The molecule has 0 atom stereocenters. The summed E-state index contributed by atoms with van der Waals surface area (Å²) in [7, 11) is 0. The molecule has 0 spiro atoms. The Morgan fingerprint density at radius 1 is 1.08 bits per heavy atom. The molecule has 2 nitrogen and oxygen atoms in total. The number of hydrogen-bond donors (Lipinski definition) is 1. The van der Waals surface area contributed by atoms with Crippen LogP contribution in [0.15, 0.2) is 24.3 Å². The summed E-state index contributed by atoms with van der Waals surface area (Å²) >= 11 is 1.68. The summed E-state index contributed by atoms with van der Waals surface area (Å²) in [6, 6.07) is 6.92. The van der Waals surface area contributed by atoms with Gasteiger partial charge in [0.15, 0.2) is 0 Å². The van der Waals surface area contributed by atoms with Gasteiger partial charge >= 0.3 is 0 Å². The first kappa shape index (κ1) is 16.4. The maximum atomic E-state index is 13.6. The largest absolute Gasteiger partial charge is 0.355 e. The third-order valence-electron chi connectivity index (χ3n) is 6.29. The van der Waals surface area contributed by atoms with Gasteiger partial charge in [-0.2, -0.15) is 11.8 Å². The number of nitrogens with one attached hydrogen (secondary N) is 1. The Bertz CT molecular complexity index is 577. The summed E-state index contributed by atoms with van der Waals surface area (Å²) < 4.78 is 13.6. The fourth-order valence-corrected chi connectivity index (χ4v) is 6.36. The monoisotopic (exact) mass is 347 g/mol. The maximum Gasteiger partial charge on any atom is 0.223 e. The van der Waals surface area contributed by atoms with Crippen molar-refractivity contribution in [3.63, 3.8) is 0 Å². The molecular formula is C20H26FNOS. The van der Waals surface area contributed by atoms with Crippen LogP contribution in [0.5, 0.6) is 0 Å². The van der Waals surface area contributed by atoms with Gasteiger partial charge in [-0.3, -0.25) is 4.79 Å². The number of halogens is 1. The molecule has 24 heavy (non-hydrogen) atoms. The summed E-state index contributed by atoms with van der Waals surface area (Å²) in [6.07, 6.45) is 6.56. The molecule has 0 radical (unpaired) electrons. The van der Waals surface area contributed by atoms with E-state index in [9.17, 15) is 9.18 Å². The van der Waals surface area contributed by atoms with Crippen LogP contribution in [0.2, 0.25) is 0 Å². The molecule has 4 saturated carbocycles. The van der Waals surface area contributed by atoms with Crippen LogP contribution in [0.1, 0.15) is 37.7 Å². The van der Waals surface area contributed by atoms with Crippen LogP contribution in [0.4, 0.5) is 4.39 Å². The molecule has 0 saturated heterocycles. The second-order valence-corrected chi connectivity index (χ2v) is 9.00. The van der Waals surface area contributed by atoms with Crippen LogP contribution in [-0.2, 0) is 10.5 Å². The lowest BCUT2D eigenvalue weighted by atomic mass is 9.51. The van der Waals surface area contributed by atoms with E-state index in [1.165, 1.54) is 38.2 Å². The normalized spacial score (nSPS) is 33.6. The van der Waals surface area contributed by atoms with Crippen molar-refractivity contribution in [3.8, 4) is 0 Å². The standard InChI is InChI=1S/C20H26FNOS/c21-18-4-2-1-3-15(18)12-24-6-5-22-20(23)19-16-8-13-7-14(10-16)11-17(19)9-13/h1-4,13-14,16-17,19H,5-12H2,(H,22,23). The lowest BCUT2D eigenvalue weighted by molar-refractivity contribution is -0.137. The molecule has 1 amide bonds. The van der Waals surface area contributed by atoms with E-state index in [1.807, 2.05) is 12.1 Å². The highest BCUT2D eigenvalue weighted by atomic mass is 32.2. The first-order valence-electron chi connectivity index (χ1n) is 9.29. The van der Waals surface area contributed by atoms with Crippen LogP contribution in [0.25, 0.3) is 0 Å². The van der Waals surface area contributed by atoms with Crippen molar-refractivity contribution in [2.45, 2.75) is 37.9 Å². The predicted molar refractivity (Wildman–Crippen MR) is 96.1 cm³/mol. The van der Waals surface area contributed by atoms with E-state index < -0.39 is 0 Å². The Morgan fingerprint density at radius 3 is 2.42 bits per heavy atom. The number of amides is 1. The zero-order valence-electron chi connectivity index (χ0n) is 14.0. The number of hydrogen-bond acceptors (Lipinski definition) is 2. The van der Waals surface area contributed by atoms with Gasteiger partial charge in [0.05, 0.1) is 0 Å². The molecule has 1 aromatic rings. The van der Waals surface area contributed by atoms with E-state index in [1.54, 1.807) is 17.8 Å². The fourth-order valence-electron chi connectivity index (χ4n) is 5.52. The number of carbonyl (C=O) groups excluding carboxylic acids is 1. The van der Waals surface area contributed by atoms with Gasteiger partial charge in [0.1, 0.15) is 5.82 Å².